The van der Waals surface area contributed by atoms with Crippen molar-refractivity contribution >= 4 is 10.1 Å². The van der Waals surface area contributed by atoms with Gasteiger partial charge in [-0.25, -0.2) is 8.42 Å². The third-order valence-corrected chi connectivity index (χ3v) is 1.88. The van der Waals surface area contributed by atoms with E-state index < -0.39 is 10.1 Å². The van der Waals surface area contributed by atoms with E-state index in [1.807, 2.05) is 13.8 Å². The van der Waals surface area contributed by atoms with Gasteiger partial charge in [-0.1, -0.05) is 32.0 Å². The third-order valence-electron chi connectivity index (χ3n) is 1.03. The molecule has 74 valence electrons. The first kappa shape index (κ1) is 14.5. The second-order valence-electron chi connectivity index (χ2n) is 1.77. The summed E-state index contributed by atoms with van der Waals surface area (Å²) in [6.45, 7) is 4.00. The van der Waals surface area contributed by atoms with E-state index in [2.05, 4.69) is 0 Å². The summed E-state index contributed by atoms with van der Waals surface area (Å²) in [5.41, 5.74) is 0. The molecule has 0 amide bonds. The fourth-order valence-electron chi connectivity index (χ4n) is 0.587. The van der Waals surface area contributed by atoms with E-state index in [-0.39, 0.29) is 12.3 Å². The molecule has 0 saturated carbocycles. The largest absolute Gasteiger partial charge is 0.744 e. The molecule has 1 aromatic carbocycles. The summed E-state index contributed by atoms with van der Waals surface area (Å²) in [7, 11) is -4.25. The molecule has 0 N–H and O–H groups in total. The van der Waals surface area contributed by atoms with Crippen LogP contribution in [0.2, 0.25) is 0 Å². The van der Waals surface area contributed by atoms with E-state index in [0.717, 1.165) is 0 Å². The fraction of sp³-hybridized carbons (Fsp3) is 0.222. The van der Waals surface area contributed by atoms with E-state index in [9.17, 15) is 13.0 Å². The van der Waals surface area contributed by atoms with Crippen molar-refractivity contribution in [2.75, 3.05) is 0 Å². The van der Waals surface area contributed by atoms with E-state index >= 15 is 0 Å². The minimum Gasteiger partial charge on any atom is -0.744 e. The molecular weight excluding hydrogens is 188 g/mol. The maximum Gasteiger partial charge on any atom is 0.124 e. The molecule has 0 saturated heterocycles. The molecule has 0 unspecified atom stereocenters. The zero-order valence-electron chi connectivity index (χ0n) is 8.02. The summed E-state index contributed by atoms with van der Waals surface area (Å²) in [4.78, 5) is -0.185. The van der Waals surface area contributed by atoms with Gasteiger partial charge in [0.25, 0.3) is 0 Å². The van der Waals surface area contributed by atoms with Gasteiger partial charge in [-0.15, -0.1) is 0 Å². The lowest BCUT2D eigenvalue weighted by atomic mass is 10.4. The number of rotatable bonds is 1. The van der Waals surface area contributed by atoms with Gasteiger partial charge in [0.05, 0.1) is 4.90 Å². The smallest absolute Gasteiger partial charge is 0.124 e. The number of hydrogen-bond donors (Lipinski definition) is 0. The molecule has 0 aromatic heterocycles. The van der Waals surface area contributed by atoms with Crippen molar-refractivity contribution in [2.45, 2.75) is 18.7 Å². The van der Waals surface area contributed by atoms with Crippen molar-refractivity contribution in [1.29, 1.82) is 0 Å². The predicted octanol–water partition coefficient (Wildman–Crippen LogP) is 2.07. The van der Waals surface area contributed by atoms with Gasteiger partial charge in [-0.2, -0.15) is 0 Å². The molecule has 0 aliphatic carbocycles. The molecule has 0 radical (unpaired) electrons. The summed E-state index contributed by atoms with van der Waals surface area (Å²) in [5.74, 6) is 0. The van der Waals surface area contributed by atoms with Crippen molar-refractivity contribution in [3.63, 3.8) is 0 Å². The van der Waals surface area contributed by atoms with Crippen molar-refractivity contribution in [1.82, 2.24) is 0 Å². The molecule has 13 heavy (non-hydrogen) atoms. The van der Waals surface area contributed by atoms with Crippen LogP contribution in [0.25, 0.3) is 0 Å². The Morgan fingerprint density at radius 1 is 1.08 bits per heavy atom. The van der Waals surface area contributed by atoms with E-state index in [4.69, 9.17) is 0 Å². The highest BCUT2D eigenvalue weighted by Crippen LogP contribution is 2.04. The van der Waals surface area contributed by atoms with E-state index in [0.29, 0.717) is 0 Å². The molecule has 1 aromatic rings. The van der Waals surface area contributed by atoms with Crippen LogP contribution in [0.4, 0.5) is 0 Å². The number of benzene rings is 1. The van der Waals surface area contributed by atoms with Crippen molar-refractivity contribution in [3.8, 4) is 0 Å². The molecule has 1 rings (SSSR count). The van der Waals surface area contributed by atoms with Crippen LogP contribution in [0.3, 0.4) is 0 Å². The van der Waals surface area contributed by atoms with Gasteiger partial charge in [0.2, 0.25) is 0 Å². The van der Waals surface area contributed by atoms with Crippen LogP contribution in [0.1, 0.15) is 13.8 Å². The molecule has 0 atom stereocenters. The zero-order valence-corrected chi connectivity index (χ0v) is 8.84. The SMILES string of the molecule is CC.O=S(=O)([O-])c1ccccc1.[CH3+]. The second-order valence-corrected chi connectivity index (χ2v) is 3.15. The topological polar surface area (TPSA) is 57.2 Å². The molecule has 0 fully saturated rings. The summed E-state index contributed by atoms with van der Waals surface area (Å²) < 4.78 is 30.8. The highest BCUT2D eigenvalue weighted by Gasteiger charge is 1.95. The van der Waals surface area contributed by atoms with Crippen LogP contribution in [0.5, 0.6) is 0 Å². The molecule has 0 aliphatic heterocycles. The second kappa shape index (κ2) is 6.51. The molecule has 0 aliphatic rings. The van der Waals surface area contributed by atoms with Crippen molar-refractivity contribution in [3.05, 3.63) is 37.8 Å². The molecule has 0 bridgehead atoms. The maximum absolute atomic E-state index is 10.3. The van der Waals surface area contributed by atoms with Gasteiger partial charge < -0.3 is 4.55 Å². The molecular formula is C9H14O3S. The average molecular weight is 202 g/mol. The summed E-state index contributed by atoms with van der Waals surface area (Å²) in [6, 6.07) is 7.19. The quantitative estimate of drug-likeness (QED) is 0.517. The van der Waals surface area contributed by atoms with Gasteiger partial charge in [0, 0.05) is 7.43 Å². The average Bonchev–Trinajstić information content (AvgIpc) is 2.08. The Labute approximate surface area is 80.2 Å². The number of hydrogen-bond acceptors (Lipinski definition) is 3. The van der Waals surface area contributed by atoms with Gasteiger partial charge in [0.1, 0.15) is 10.1 Å². The Balaban J connectivity index is 0. The molecule has 0 spiro atoms. The Bertz CT molecular complexity index is 303. The Morgan fingerprint density at radius 2 is 1.46 bits per heavy atom. The monoisotopic (exact) mass is 202 g/mol. The van der Waals surface area contributed by atoms with E-state index in [1.165, 1.54) is 24.3 Å². The highest BCUT2D eigenvalue weighted by molar-refractivity contribution is 7.85. The summed E-state index contributed by atoms with van der Waals surface area (Å²) in [5, 5.41) is 0. The minimum absolute atomic E-state index is 0. The van der Waals surface area contributed by atoms with Gasteiger partial charge in [0.15, 0.2) is 0 Å². The Morgan fingerprint density at radius 3 is 1.69 bits per heavy atom. The Hall–Kier alpha value is -1.00. The van der Waals surface area contributed by atoms with Crippen molar-refractivity contribution < 1.29 is 13.0 Å². The predicted molar refractivity (Wildman–Crippen MR) is 52.2 cm³/mol. The Kier molecular flexibility index (Phi) is 7.27. The first-order valence-corrected chi connectivity index (χ1v) is 5.02. The summed E-state index contributed by atoms with van der Waals surface area (Å²) in [6.07, 6.45) is 0. The van der Waals surface area contributed by atoms with Crippen molar-refractivity contribution in [2.24, 2.45) is 0 Å². The lowest BCUT2D eigenvalue weighted by Gasteiger charge is -2.04. The fourth-order valence-corrected chi connectivity index (χ4v) is 1.08. The normalized spacial score (nSPS) is 9.15. The molecule has 3 nitrogen and oxygen atoms in total. The van der Waals surface area contributed by atoms with Crippen LogP contribution in [-0.4, -0.2) is 13.0 Å². The lowest BCUT2D eigenvalue weighted by Crippen LogP contribution is -1.96. The van der Waals surface area contributed by atoms with Gasteiger partial charge in [-0.05, 0) is 12.1 Å². The highest BCUT2D eigenvalue weighted by atomic mass is 32.2. The zero-order chi connectivity index (χ0) is 9.61. The first-order valence-electron chi connectivity index (χ1n) is 3.61. The van der Waals surface area contributed by atoms with Crippen LogP contribution < -0.4 is 0 Å². The van der Waals surface area contributed by atoms with Crippen LogP contribution in [0.15, 0.2) is 35.2 Å². The lowest BCUT2D eigenvalue weighted by molar-refractivity contribution is 0.463. The standard InChI is InChI=1S/C6H6O3S.C2H6.CH3/c7-10(8,9)6-4-2-1-3-5-6;1-2;/h1-5H,(H,7,8,9);1-2H3;1H3/q;;+1/p-1. The molecule has 0 heterocycles. The van der Waals surface area contributed by atoms with Gasteiger partial charge in [-0.3, -0.25) is 0 Å². The minimum atomic E-state index is -4.25. The summed E-state index contributed by atoms with van der Waals surface area (Å²) >= 11 is 0. The van der Waals surface area contributed by atoms with Crippen LogP contribution in [0, 0.1) is 7.43 Å². The maximum atomic E-state index is 10.3. The van der Waals surface area contributed by atoms with Gasteiger partial charge >= 0.3 is 0 Å². The first-order chi connectivity index (χ1) is 5.61. The van der Waals surface area contributed by atoms with Crippen LogP contribution >= 0.6 is 0 Å². The van der Waals surface area contributed by atoms with E-state index in [1.54, 1.807) is 6.07 Å². The molecule has 4 heteroatoms. The third kappa shape index (κ3) is 5.27. The van der Waals surface area contributed by atoms with Crippen LogP contribution in [-0.2, 0) is 10.1 Å².